The molecule has 0 aromatic heterocycles. The summed E-state index contributed by atoms with van der Waals surface area (Å²) in [6, 6.07) is 0. The molecule has 368 valence electrons. The van der Waals surface area contributed by atoms with E-state index in [4.69, 9.17) is 33.2 Å². The van der Waals surface area contributed by atoms with Gasteiger partial charge in [-0.2, -0.15) is 0 Å². The quantitative estimate of drug-likeness (QED) is 0.126. The average molecular weight is 917 g/mol. The normalized spacial score (nSPS) is 58.2. The van der Waals surface area contributed by atoms with Crippen LogP contribution in [0.5, 0.6) is 0 Å². The molecule has 9 rings (SSSR count). The number of rotatable bonds is 9. The molecule has 0 bridgehead atoms. The fourth-order valence-corrected chi connectivity index (χ4v) is 16.1. The van der Waals surface area contributed by atoms with Gasteiger partial charge in [-0.15, -0.1) is 0 Å². The minimum absolute atomic E-state index is 0.0658. The van der Waals surface area contributed by atoms with Crippen molar-refractivity contribution in [2.45, 2.75) is 222 Å². The van der Waals surface area contributed by atoms with E-state index in [1.54, 1.807) is 0 Å². The van der Waals surface area contributed by atoms with Gasteiger partial charge in [-0.25, -0.2) is 0 Å². The summed E-state index contributed by atoms with van der Waals surface area (Å²) in [5, 5.41) is 118. The zero-order chi connectivity index (χ0) is 46.5. The Bertz CT molecular complexity index is 1720. The van der Waals surface area contributed by atoms with E-state index in [9.17, 15) is 56.2 Å². The maximum atomic E-state index is 12.5. The summed E-state index contributed by atoms with van der Waals surface area (Å²) < 4.78 is 44.2. The number of aliphatic hydroxyl groups is 11. The van der Waals surface area contributed by atoms with E-state index in [1.165, 1.54) is 0 Å². The Morgan fingerprint density at radius 1 is 0.609 bits per heavy atom. The van der Waals surface area contributed by atoms with E-state index in [0.29, 0.717) is 32.1 Å². The Morgan fingerprint density at radius 3 is 1.84 bits per heavy atom. The molecular formula is C46H76O18. The molecule has 5 saturated carbocycles. The number of hydrogen-bond donors (Lipinski definition) is 11. The summed E-state index contributed by atoms with van der Waals surface area (Å²) in [5.74, 6) is -0.363. The maximum Gasteiger partial charge on any atom is 0.187 e. The zero-order valence-electron chi connectivity index (χ0n) is 38.3. The summed E-state index contributed by atoms with van der Waals surface area (Å²) in [6.45, 7) is 13.6. The van der Waals surface area contributed by atoms with Crippen LogP contribution in [0, 0.1) is 44.8 Å². The van der Waals surface area contributed by atoms with E-state index in [-0.39, 0.29) is 41.8 Å². The molecule has 4 heterocycles. The minimum atomic E-state index is -1.59. The monoisotopic (exact) mass is 917 g/mol. The molecule has 0 radical (unpaired) electrons. The van der Waals surface area contributed by atoms with Crippen LogP contribution in [0.15, 0.2) is 0 Å². The van der Waals surface area contributed by atoms with Crippen molar-refractivity contribution < 1.29 is 89.3 Å². The highest BCUT2D eigenvalue weighted by Crippen LogP contribution is 2.89. The van der Waals surface area contributed by atoms with E-state index in [2.05, 4.69) is 34.6 Å². The molecular weight excluding hydrogens is 840 g/mol. The summed E-state index contributed by atoms with van der Waals surface area (Å²) in [6.07, 6.45) is -13.7. The van der Waals surface area contributed by atoms with Gasteiger partial charge in [-0.3, -0.25) is 0 Å². The number of hydrogen-bond acceptors (Lipinski definition) is 18. The molecule has 4 aliphatic heterocycles. The summed E-state index contributed by atoms with van der Waals surface area (Å²) in [5.41, 5.74) is -3.58. The first-order valence-corrected chi connectivity index (χ1v) is 23.8. The minimum Gasteiger partial charge on any atom is -0.394 e. The van der Waals surface area contributed by atoms with Crippen LogP contribution < -0.4 is 0 Å². The Labute approximate surface area is 375 Å². The Hall–Kier alpha value is -0.720. The molecule has 9 fully saturated rings. The van der Waals surface area contributed by atoms with Gasteiger partial charge in [0.25, 0.3) is 0 Å². The van der Waals surface area contributed by atoms with Gasteiger partial charge in [-0.1, -0.05) is 27.7 Å². The van der Waals surface area contributed by atoms with Gasteiger partial charge < -0.3 is 89.3 Å². The van der Waals surface area contributed by atoms with Crippen LogP contribution in [0.25, 0.3) is 0 Å². The molecule has 64 heavy (non-hydrogen) atoms. The van der Waals surface area contributed by atoms with E-state index < -0.39 is 138 Å². The fourth-order valence-electron chi connectivity index (χ4n) is 16.1. The van der Waals surface area contributed by atoms with Gasteiger partial charge >= 0.3 is 0 Å². The van der Waals surface area contributed by atoms with Crippen molar-refractivity contribution in [2.24, 2.45) is 44.8 Å². The average Bonchev–Trinajstić information content (AvgIpc) is 3.60. The van der Waals surface area contributed by atoms with E-state index in [0.717, 1.165) is 25.7 Å². The van der Waals surface area contributed by atoms with Crippen molar-refractivity contribution in [3.8, 4) is 0 Å². The van der Waals surface area contributed by atoms with E-state index >= 15 is 0 Å². The second-order valence-electron chi connectivity index (χ2n) is 23.4. The molecule has 18 heteroatoms. The van der Waals surface area contributed by atoms with Crippen LogP contribution in [-0.2, 0) is 33.2 Å². The largest absolute Gasteiger partial charge is 0.394 e. The van der Waals surface area contributed by atoms with Crippen LogP contribution in [-0.4, -0.2) is 192 Å². The number of aliphatic hydroxyl groups excluding tert-OH is 11. The third-order valence-corrected chi connectivity index (χ3v) is 19.5. The van der Waals surface area contributed by atoms with Gasteiger partial charge in [0.2, 0.25) is 0 Å². The Morgan fingerprint density at radius 2 is 1.22 bits per heavy atom. The lowest BCUT2D eigenvalue weighted by Crippen LogP contribution is -2.64. The highest BCUT2D eigenvalue weighted by atomic mass is 16.7. The molecule has 18 nitrogen and oxygen atoms in total. The molecule has 0 amide bonds. The van der Waals surface area contributed by atoms with Crippen LogP contribution in [0.2, 0.25) is 0 Å². The molecule has 0 aromatic carbocycles. The highest BCUT2D eigenvalue weighted by Gasteiger charge is 2.85. The summed E-state index contributed by atoms with van der Waals surface area (Å²) in [4.78, 5) is 0. The predicted octanol–water partition coefficient (Wildman–Crippen LogP) is -0.813. The first kappa shape index (κ1) is 48.3. The lowest BCUT2D eigenvalue weighted by molar-refractivity contribution is -0.335. The maximum absolute atomic E-state index is 12.5. The summed E-state index contributed by atoms with van der Waals surface area (Å²) in [7, 11) is 0. The highest BCUT2D eigenvalue weighted by molar-refractivity contribution is 5.33. The molecule has 5 aliphatic carbocycles. The number of fused-ring (bicyclic) bond motifs is 2. The van der Waals surface area contributed by atoms with Gasteiger partial charge in [0.15, 0.2) is 18.9 Å². The Kier molecular flexibility index (Phi) is 12.2. The van der Waals surface area contributed by atoms with Crippen molar-refractivity contribution >= 4 is 0 Å². The van der Waals surface area contributed by atoms with Crippen molar-refractivity contribution in [1.82, 2.24) is 0 Å². The van der Waals surface area contributed by atoms with Crippen molar-refractivity contribution in [1.29, 1.82) is 0 Å². The molecule has 0 unspecified atom stereocenters. The smallest absolute Gasteiger partial charge is 0.187 e. The van der Waals surface area contributed by atoms with Crippen molar-refractivity contribution in [3.05, 3.63) is 0 Å². The second-order valence-corrected chi connectivity index (χ2v) is 23.4. The predicted molar refractivity (Wildman–Crippen MR) is 220 cm³/mol. The van der Waals surface area contributed by atoms with Gasteiger partial charge in [0, 0.05) is 5.92 Å². The van der Waals surface area contributed by atoms with Crippen LogP contribution in [0.4, 0.5) is 0 Å². The SMILES string of the molecule is CC(C)(O[C@@H]1O[C@H](CO)[C@H](O)[C@H](O)[C@H]1O)[C@@H]1CC[C@](C)([C@H]2[C@@H](O)C[C@@]3(C)[C@@H]4C[C@H](O[C@@H]5OC[C@@H](O)[C@H](O)[C@H]5O)[C@H]5C(C)(C)[C@@H](O[C@@H]6OC[C@@H](O)[C@H](O)[C@H]6O)CC[C@@]56C[C@@]46CC[C@]23C)O1. The standard InChI is InChI=1S/C46H76O18/c1-40(2)26(62-38-33(56)29(52)22(50)18-59-38)9-11-46-19-45(46)13-12-42(5)35(44(7)10-8-27(63-44)41(3,4)64-39-34(57)31(54)30(53)24(16-47)61-39)20(48)15-43(42,6)25(45)14-23(36(40)46)60-37-32(55)28(51)21(49)17-58-37/h20-39,47-57H,8-19H2,1-7H3/t20-,21+,22+,23-,24+,25-,26-,27-,28-,29-,30-,31-,32+,33+,34+,35-,36-,37-,38-,39-,42+,43-,44+,45-,46+/m0/s1. The molecule has 11 N–H and O–H groups in total. The molecule has 0 aromatic rings. The molecule has 25 atom stereocenters. The zero-order valence-corrected chi connectivity index (χ0v) is 38.3. The van der Waals surface area contributed by atoms with Crippen molar-refractivity contribution in [2.75, 3.05) is 19.8 Å². The Balaban J connectivity index is 0.994. The van der Waals surface area contributed by atoms with Crippen LogP contribution in [0.1, 0.15) is 106 Å². The first-order valence-electron chi connectivity index (χ1n) is 23.8. The number of ether oxygens (including phenoxy) is 7. The van der Waals surface area contributed by atoms with E-state index in [1.807, 2.05) is 13.8 Å². The first-order chi connectivity index (χ1) is 29.8. The molecule has 2 spiro atoms. The molecule has 4 saturated heterocycles. The molecule has 9 aliphatic rings. The third-order valence-electron chi connectivity index (χ3n) is 19.5. The lowest BCUT2D eigenvalue weighted by atomic mass is 9.41. The second kappa shape index (κ2) is 16.2. The van der Waals surface area contributed by atoms with Crippen LogP contribution in [0.3, 0.4) is 0 Å². The third kappa shape index (κ3) is 6.93. The topological polar surface area (TPSA) is 287 Å². The van der Waals surface area contributed by atoms with Gasteiger partial charge in [0.1, 0.15) is 61.0 Å². The van der Waals surface area contributed by atoms with Crippen LogP contribution >= 0.6 is 0 Å². The van der Waals surface area contributed by atoms with Crippen molar-refractivity contribution in [3.63, 3.8) is 0 Å². The summed E-state index contributed by atoms with van der Waals surface area (Å²) >= 11 is 0. The fraction of sp³-hybridized carbons (Fsp3) is 1.00. The lowest BCUT2D eigenvalue weighted by Gasteiger charge is -2.65. The van der Waals surface area contributed by atoms with Gasteiger partial charge in [0.05, 0.1) is 55.4 Å². The van der Waals surface area contributed by atoms with Gasteiger partial charge in [-0.05, 0) is 117 Å².